The molecule has 1 aromatic heterocycles. The fourth-order valence-corrected chi connectivity index (χ4v) is 2.93. The zero-order valence-electron chi connectivity index (χ0n) is 15.8. The number of rotatable bonds is 10. The lowest BCUT2D eigenvalue weighted by atomic mass is 10.1. The first-order chi connectivity index (χ1) is 13.0. The molecule has 1 heterocycles. The van der Waals surface area contributed by atoms with E-state index in [-0.39, 0.29) is 28.9 Å². The number of amides is 1. The molecular formula is C19H25N3O5. The summed E-state index contributed by atoms with van der Waals surface area (Å²) in [5.74, 6) is 0.525. The lowest BCUT2D eigenvalue weighted by Gasteiger charge is -2.28. The maximum Gasteiger partial charge on any atom is 0.311 e. The van der Waals surface area contributed by atoms with Crippen molar-refractivity contribution in [3.8, 4) is 5.75 Å². The highest BCUT2D eigenvalue weighted by molar-refractivity contribution is 5.95. The Morgan fingerprint density at radius 1 is 1.30 bits per heavy atom. The molecule has 0 saturated carbocycles. The third kappa shape index (κ3) is 5.07. The SMILES string of the molecule is CCOc1ccc(C(=O)NCC(c2ccco2)N(CC)CC)cc1[N+](=O)[O-]. The Morgan fingerprint density at radius 2 is 2.04 bits per heavy atom. The molecule has 8 nitrogen and oxygen atoms in total. The molecule has 8 heteroatoms. The topological polar surface area (TPSA) is 97.8 Å². The highest BCUT2D eigenvalue weighted by Crippen LogP contribution is 2.28. The number of carbonyl (C=O) groups is 1. The highest BCUT2D eigenvalue weighted by atomic mass is 16.6. The van der Waals surface area contributed by atoms with E-state index < -0.39 is 4.92 Å². The monoisotopic (exact) mass is 375 g/mol. The lowest BCUT2D eigenvalue weighted by Crippen LogP contribution is -2.37. The molecule has 146 valence electrons. The Bertz CT molecular complexity index is 757. The lowest BCUT2D eigenvalue weighted by molar-refractivity contribution is -0.385. The van der Waals surface area contributed by atoms with Gasteiger partial charge in [-0.25, -0.2) is 0 Å². The van der Waals surface area contributed by atoms with Crippen molar-refractivity contribution < 1.29 is 18.9 Å². The largest absolute Gasteiger partial charge is 0.487 e. The van der Waals surface area contributed by atoms with Crippen molar-refractivity contribution >= 4 is 11.6 Å². The highest BCUT2D eigenvalue weighted by Gasteiger charge is 2.23. The normalized spacial score (nSPS) is 12.0. The number of hydrogen-bond acceptors (Lipinski definition) is 6. The third-order valence-corrected chi connectivity index (χ3v) is 4.30. The number of ether oxygens (including phenoxy) is 1. The standard InChI is InChI=1S/C19H25N3O5/c1-4-21(5-2)16(17-8-7-11-27-17)13-20-19(23)14-9-10-18(26-6-3)15(12-14)22(24)25/h7-12,16H,4-6,13H2,1-3H3,(H,20,23). The fourth-order valence-electron chi connectivity index (χ4n) is 2.93. The summed E-state index contributed by atoms with van der Waals surface area (Å²) in [7, 11) is 0. The number of hydrogen-bond donors (Lipinski definition) is 1. The molecule has 0 aliphatic carbocycles. The summed E-state index contributed by atoms with van der Waals surface area (Å²) >= 11 is 0. The quantitative estimate of drug-likeness (QED) is 0.505. The Morgan fingerprint density at radius 3 is 2.59 bits per heavy atom. The van der Waals surface area contributed by atoms with Gasteiger partial charge < -0.3 is 14.5 Å². The number of likely N-dealkylation sites (N-methyl/N-ethyl adjacent to an activating group) is 1. The van der Waals surface area contributed by atoms with Crippen molar-refractivity contribution in [2.45, 2.75) is 26.8 Å². The van der Waals surface area contributed by atoms with Gasteiger partial charge in [-0.1, -0.05) is 13.8 Å². The van der Waals surface area contributed by atoms with Crippen LogP contribution in [0.15, 0.2) is 41.0 Å². The first-order valence-electron chi connectivity index (χ1n) is 8.98. The molecule has 2 aromatic rings. The van der Waals surface area contributed by atoms with Gasteiger partial charge in [-0.15, -0.1) is 0 Å². The van der Waals surface area contributed by atoms with Crippen LogP contribution in [0.5, 0.6) is 5.75 Å². The predicted octanol–water partition coefficient (Wildman–Crippen LogP) is 3.40. The molecule has 0 spiro atoms. The summed E-state index contributed by atoms with van der Waals surface area (Å²) in [6.45, 7) is 8.05. The molecule has 1 aromatic carbocycles. The fraction of sp³-hybridized carbons (Fsp3) is 0.421. The van der Waals surface area contributed by atoms with Crippen LogP contribution in [0.2, 0.25) is 0 Å². The van der Waals surface area contributed by atoms with Gasteiger partial charge in [-0.3, -0.25) is 19.8 Å². The van der Waals surface area contributed by atoms with E-state index in [0.717, 1.165) is 18.8 Å². The van der Waals surface area contributed by atoms with E-state index in [1.165, 1.54) is 18.2 Å². The molecule has 0 fully saturated rings. The summed E-state index contributed by atoms with van der Waals surface area (Å²) in [6.07, 6.45) is 1.60. The number of benzene rings is 1. The van der Waals surface area contributed by atoms with E-state index in [2.05, 4.69) is 10.2 Å². The first kappa shape index (κ1) is 20.4. The molecule has 2 rings (SSSR count). The summed E-state index contributed by atoms with van der Waals surface area (Å²) in [4.78, 5) is 25.4. The van der Waals surface area contributed by atoms with Crippen molar-refractivity contribution in [2.24, 2.45) is 0 Å². The minimum atomic E-state index is -0.552. The molecule has 1 atom stereocenters. The number of furan rings is 1. The van der Waals surface area contributed by atoms with Gasteiger partial charge in [0, 0.05) is 18.2 Å². The smallest absolute Gasteiger partial charge is 0.311 e. The zero-order valence-corrected chi connectivity index (χ0v) is 15.8. The van der Waals surface area contributed by atoms with Crippen LogP contribution >= 0.6 is 0 Å². The first-order valence-corrected chi connectivity index (χ1v) is 8.98. The van der Waals surface area contributed by atoms with Gasteiger partial charge in [-0.2, -0.15) is 0 Å². The van der Waals surface area contributed by atoms with Gasteiger partial charge in [0.15, 0.2) is 5.75 Å². The van der Waals surface area contributed by atoms with Crippen LogP contribution in [0, 0.1) is 10.1 Å². The van der Waals surface area contributed by atoms with Crippen molar-refractivity contribution in [3.63, 3.8) is 0 Å². The summed E-state index contributed by atoms with van der Waals surface area (Å²) in [5, 5.41) is 14.1. The predicted molar refractivity (Wildman–Crippen MR) is 101 cm³/mol. The molecule has 27 heavy (non-hydrogen) atoms. The molecule has 1 amide bonds. The Hall–Kier alpha value is -2.87. The molecule has 0 radical (unpaired) electrons. The maximum atomic E-state index is 12.5. The third-order valence-electron chi connectivity index (χ3n) is 4.30. The molecule has 0 bridgehead atoms. The molecule has 0 aliphatic rings. The second-order valence-electron chi connectivity index (χ2n) is 5.84. The number of carbonyl (C=O) groups excluding carboxylic acids is 1. The van der Waals surface area contributed by atoms with Gasteiger partial charge in [-0.05, 0) is 44.3 Å². The van der Waals surface area contributed by atoms with E-state index in [1.54, 1.807) is 13.2 Å². The van der Waals surface area contributed by atoms with E-state index in [0.29, 0.717) is 13.2 Å². The van der Waals surface area contributed by atoms with Crippen molar-refractivity contribution in [2.75, 3.05) is 26.2 Å². The van der Waals surface area contributed by atoms with Crippen LogP contribution in [0.1, 0.15) is 42.9 Å². The number of nitrogens with one attached hydrogen (secondary N) is 1. The van der Waals surface area contributed by atoms with Crippen LogP contribution in [0.3, 0.4) is 0 Å². The summed E-state index contributed by atoms with van der Waals surface area (Å²) in [6, 6.07) is 7.77. The van der Waals surface area contributed by atoms with Crippen LogP contribution in [-0.4, -0.2) is 42.0 Å². The molecular weight excluding hydrogens is 350 g/mol. The van der Waals surface area contributed by atoms with Crippen molar-refractivity contribution in [3.05, 3.63) is 58.0 Å². The van der Waals surface area contributed by atoms with Crippen LogP contribution in [0.25, 0.3) is 0 Å². The average molecular weight is 375 g/mol. The van der Waals surface area contributed by atoms with Gasteiger partial charge in [0.25, 0.3) is 5.91 Å². The summed E-state index contributed by atoms with van der Waals surface area (Å²) < 4.78 is 10.8. The van der Waals surface area contributed by atoms with Crippen molar-refractivity contribution in [1.82, 2.24) is 10.2 Å². The van der Waals surface area contributed by atoms with Gasteiger partial charge in [0.2, 0.25) is 0 Å². The Balaban J connectivity index is 2.15. The van der Waals surface area contributed by atoms with E-state index in [9.17, 15) is 14.9 Å². The van der Waals surface area contributed by atoms with Crippen LogP contribution in [-0.2, 0) is 0 Å². The number of nitrogens with zero attached hydrogens (tertiary/aromatic N) is 2. The second-order valence-corrected chi connectivity index (χ2v) is 5.84. The zero-order chi connectivity index (χ0) is 19.8. The average Bonchev–Trinajstić information content (AvgIpc) is 3.19. The van der Waals surface area contributed by atoms with Crippen molar-refractivity contribution in [1.29, 1.82) is 0 Å². The number of nitro benzene ring substituents is 1. The van der Waals surface area contributed by atoms with Crippen LogP contribution < -0.4 is 10.1 Å². The van der Waals surface area contributed by atoms with E-state index in [4.69, 9.17) is 9.15 Å². The van der Waals surface area contributed by atoms with E-state index >= 15 is 0 Å². The second kappa shape index (κ2) is 9.72. The molecule has 0 aliphatic heterocycles. The summed E-state index contributed by atoms with van der Waals surface area (Å²) in [5.41, 5.74) is -0.0151. The molecule has 1 N–H and O–H groups in total. The Kier molecular flexibility index (Phi) is 7.36. The Labute approximate surface area is 158 Å². The van der Waals surface area contributed by atoms with Gasteiger partial charge in [0.05, 0.1) is 23.8 Å². The van der Waals surface area contributed by atoms with E-state index in [1.807, 2.05) is 26.0 Å². The molecule has 1 unspecified atom stereocenters. The van der Waals surface area contributed by atoms with Gasteiger partial charge in [0.1, 0.15) is 5.76 Å². The number of nitro groups is 1. The maximum absolute atomic E-state index is 12.5. The minimum absolute atomic E-state index is 0.114. The minimum Gasteiger partial charge on any atom is -0.487 e. The van der Waals surface area contributed by atoms with Crippen LogP contribution in [0.4, 0.5) is 5.69 Å². The molecule has 0 saturated heterocycles. The van der Waals surface area contributed by atoms with Gasteiger partial charge >= 0.3 is 5.69 Å².